The standard InChI is InChI=1S/C17H14ClNO/c18-11-10-15-12-13-6-4-5-9-16(13)17(20)19(15)14-7-2-1-3-8-14/h1-9,12H,10-11H2. The van der Waals surface area contributed by atoms with E-state index < -0.39 is 0 Å². The van der Waals surface area contributed by atoms with E-state index in [2.05, 4.69) is 0 Å². The maximum atomic E-state index is 12.7. The molecule has 0 fully saturated rings. The smallest absolute Gasteiger partial charge is 0.263 e. The zero-order valence-electron chi connectivity index (χ0n) is 10.9. The van der Waals surface area contributed by atoms with Gasteiger partial charge in [0, 0.05) is 29.1 Å². The summed E-state index contributed by atoms with van der Waals surface area (Å²) in [5.41, 5.74) is 1.83. The first-order chi connectivity index (χ1) is 9.81. The Hall–Kier alpha value is -2.06. The van der Waals surface area contributed by atoms with Crippen LogP contribution in [0.5, 0.6) is 0 Å². The van der Waals surface area contributed by atoms with E-state index in [0.717, 1.165) is 22.2 Å². The van der Waals surface area contributed by atoms with E-state index in [1.54, 1.807) is 4.57 Å². The van der Waals surface area contributed by atoms with Gasteiger partial charge in [0.15, 0.2) is 0 Å². The number of aromatic nitrogens is 1. The highest BCUT2D eigenvalue weighted by molar-refractivity contribution is 6.18. The summed E-state index contributed by atoms with van der Waals surface area (Å²) >= 11 is 5.88. The molecule has 3 aromatic rings. The number of pyridine rings is 1. The van der Waals surface area contributed by atoms with Gasteiger partial charge in [-0.25, -0.2) is 0 Å². The van der Waals surface area contributed by atoms with Crippen molar-refractivity contribution in [2.75, 3.05) is 5.88 Å². The van der Waals surface area contributed by atoms with Gasteiger partial charge in [-0.3, -0.25) is 9.36 Å². The van der Waals surface area contributed by atoms with E-state index in [4.69, 9.17) is 11.6 Å². The molecule has 1 aromatic heterocycles. The van der Waals surface area contributed by atoms with Crippen LogP contribution in [0.25, 0.3) is 16.5 Å². The Morgan fingerprint density at radius 2 is 1.65 bits per heavy atom. The SMILES string of the molecule is O=c1c2ccccc2cc(CCCl)n1-c1ccccc1. The molecule has 0 bridgehead atoms. The maximum Gasteiger partial charge on any atom is 0.263 e. The summed E-state index contributed by atoms with van der Waals surface area (Å²) in [7, 11) is 0. The van der Waals surface area contributed by atoms with Crippen molar-refractivity contribution in [1.29, 1.82) is 0 Å². The quantitative estimate of drug-likeness (QED) is 0.671. The predicted octanol–water partition coefficient (Wildman–Crippen LogP) is 3.77. The second-order valence-electron chi connectivity index (χ2n) is 4.64. The fourth-order valence-corrected chi connectivity index (χ4v) is 2.65. The molecule has 20 heavy (non-hydrogen) atoms. The molecule has 0 saturated heterocycles. The normalized spacial score (nSPS) is 10.8. The highest BCUT2D eigenvalue weighted by Gasteiger charge is 2.10. The molecule has 0 amide bonds. The van der Waals surface area contributed by atoms with Gasteiger partial charge in [-0.05, 0) is 29.7 Å². The average Bonchev–Trinajstić information content (AvgIpc) is 2.49. The van der Waals surface area contributed by atoms with Gasteiger partial charge in [0.1, 0.15) is 0 Å². The summed E-state index contributed by atoms with van der Waals surface area (Å²) in [6.07, 6.45) is 0.663. The van der Waals surface area contributed by atoms with E-state index in [-0.39, 0.29) is 5.56 Å². The topological polar surface area (TPSA) is 22.0 Å². The van der Waals surface area contributed by atoms with Crippen molar-refractivity contribution in [1.82, 2.24) is 4.57 Å². The summed E-state index contributed by atoms with van der Waals surface area (Å²) in [5, 5.41) is 1.69. The fraction of sp³-hybridized carbons (Fsp3) is 0.118. The van der Waals surface area contributed by atoms with E-state index in [0.29, 0.717) is 12.3 Å². The van der Waals surface area contributed by atoms with Crippen molar-refractivity contribution in [3.63, 3.8) is 0 Å². The number of nitrogens with zero attached hydrogens (tertiary/aromatic N) is 1. The van der Waals surface area contributed by atoms with Crippen LogP contribution in [-0.2, 0) is 6.42 Å². The van der Waals surface area contributed by atoms with Crippen LogP contribution in [0.3, 0.4) is 0 Å². The number of alkyl halides is 1. The Balaban J connectivity index is 2.36. The van der Waals surface area contributed by atoms with Crippen molar-refractivity contribution in [2.24, 2.45) is 0 Å². The Bertz CT molecular complexity index is 793. The Kier molecular flexibility index (Phi) is 3.57. The average molecular weight is 284 g/mol. The molecule has 0 radical (unpaired) electrons. The van der Waals surface area contributed by atoms with E-state index in [1.165, 1.54) is 0 Å². The minimum absolute atomic E-state index is 0.00872. The van der Waals surface area contributed by atoms with Crippen LogP contribution < -0.4 is 5.56 Å². The number of hydrogen-bond donors (Lipinski definition) is 0. The van der Waals surface area contributed by atoms with Gasteiger partial charge in [-0.15, -0.1) is 11.6 Å². The van der Waals surface area contributed by atoms with Gasteiger partial charge < -0.3 is 0 Å². The molecule has 1 heterocycles. The number of rotatable bonds is 3. The first-order valence-corrected chi connectivity index (χ1v) is 7.10. The first kappa shape index (κ1) is 12.9. The fourth-order valence-electron chi connectivity index (χ4n) is 2.45. The molecule has 0 saturated carbocycles. The largest absolute Gasteiger partial charge is 0.281 e. The highest BCUT2D eigenvalue weighted by atomic mass is 35.5. The molecular weight excluding hydrogens is 270 g/mol. The summed E-state index contributed by atoms with van der Waals surface area (Å²) in [6.45, 7) is 0. The molecule has 0 spiro atoms. The predicted molar refractivity (Wildman–Crippen MR) is 84.0 cm³/mol. The van der Waals surface area contributed by atoms with E-state index in [9.17, 15) is 4.79 Å². The van der Waals surface area contributed by atoms with E-state index >= 15 is 0 Å². The van der Waals surface area contributed by atoms with Crippen molar-refractivity contribution in [3.05, 3.63) is 76.7 Å². The lowest BCUT2D eigenvalue weighted by molar-refractivity contribution is 0.892. The molecule has 0 atom stereocenters. The lowest BCUT2D eigenvalue weighted by Crippen LogP contribution is -2.22. The van der Waals surface area contributed by atoms with Crippen LogP contribution in [0.1, 0.15) is 5.69 Å². The number of fused-ring (bicyclic) bond motifs is 1. The minimum Gasteiger partial charge on any atom is -0.281 e. The molecule has 0 aliphatic rings. The summed E-state index contributed by atoms with van der Waals surface area (Å²) < 4.78 is 1.75. The van der Waals surface area contributed by atoms with Crippen molar-refractivity contribution >= 4 is 22.4 Å². The van der Waals surface area contributed by atoms with Crippen LogP contribution in [0, 0.1) is 0 Å². The third kappa shape index (κ3) is 2.23. The Labute approximate surface area is 122 Å². The summed E-state index contributed by atoms with van der Waals surface area (Å²) in [6, 6.07) is 19.4. The van der Waals surface area contributed by atoms with Crippen molar-refractivity contribution < 1.29 is 0 Å². The first-order valence-electron chi connectivity index (χ1n) is 6.56. The van der Waals surface area contributed by atoms with Crippen molar-refractivity contribution in [3.8, 4) is 5.69 Å². The molecule has 0 aliphatic carbocycles. The lowest BCUT2D eigenvalue weighted by Gasteiger charge is -2.13. The lowest BCUT2D eigenvalue weighted by atomic mass is 10.1. The van der Waals surface area contributed by atoms with Crippen molar-refractivity contribution in [2.45, 2.75) is 6.42 Å². The molecule has 3 heteroatoms. The molecule has 0 aliphatic heterocycles. The van der Waals surface area contributed by atoms with Crippen LogP contribution in [0.4, 0.5) is 0 Å². The van der Waals surface area contributed by atoms with Gasteiger partial charge in [-0.1, -0.05) is 36.4 Å². The molecule has 2 aromatic carbocycles. The highest BCUT2D eigenvalue weighted by Crippen LogP contribution is 2.16. The molecule has 2 nitrogen and oxygen atoms in total. The minimum atomic E-state index is 0.00872. The van der Waals surface area contributed by atoms with Gasteiger partial charge in [0.05, 0.1) is 0 Å². The van der Waals surface area contributed by atoms with Crippen LogP contribution in [-0.4, -0.2) is 10.4 Å². The van der Waals surface area contributed by atoms with Gasteiger partial charge in [0.25, 0.3) is 5.56 Å². The zero-order chi connectivity index (χ0) is 13.9. The molecular formula is C17H14ClNO. The number of benzene rings is 2. The van der Waals surface area contributed by atoms with E-state index in [1.807, 2.05) is 60.7 Å². The van der Waals surface area contributed by atoms with Crippen LogP contribution in [0.15, 0.2) is 65.5 Å². The number of aryl methyl sites for hydroxylation is 1. The Morgan fingerprint density at radius 1 is 0.950 bits per heavy atom. The van der Waals surface area contributed by atoms with Gasteiger partial charge in [-0.2, -0.15) is 0 Å². The molecule has 0 N–H and O–H groups in total. The number of hydrogen-bond acceptors (Lipinski definition) is 1. The van der Waals surface area contributed by atoms with Gasteiger partial charge in [0.2, 0.25) is 0 Å². The summed E-state index contributed by atoms with van der Waals surface area (Å²) in [4.78, 5) is 12.7. The summed E-state index contributed by atoms with van der Waals surface area (Å²) in [5.74, 6) is 0.491. The third-order valence-electron chi connectivity index (χ3n) is 3.37. The van der Waals surface area contributed by atoms with Crippen LogP contribution in [0.2, 0.25) is 0 Å². The Morgan fingerprint density at radius 3 is 2.40 bits per heavy atom. The number of halogens is 1. The number of para-hydroxylation sites is 1. The maximum absolute atomic E-state index is 12.7. The monoisotopic (exact) mass is 283 g/mol. The second kappa shape index (κ2) is 5.51. The van der Waals surface area contributed by atoms with Gasteiger partial charge >= 0.3 is 0 Å². The second-order valence-corrected chi connectivity index (χ2v) is 5.02. The third-order valence-corrected chi connectivity index (χ3v) is 3.56. The van der Waals surface area contributed by atoms with Crippen LogP contribution >= 0.6 is 11.6 Å². The molecule has 3 rings (SSSR count). The zero-order valence-corrected chi connectivity index (χ0v) is 11.7. The molecule has 100 valence electrons. The molecule has 0 unspecified atom stereocenters.